The smallest absolute Gasteiger partial charge is 0.231 e. The van der Waals surface area contributed by atoms with E-state index < -0.39 is 0 Å². The Balaban J connectivity index is 1.40. The van der Waals surface area contributed by atoms with Crippen LogP contribution in [0, 0.1) is 6.92 Å². The fourth-order valence-corrected chi connectivity index (χ4v) is 3.73. The van der Waals surface area contributed by atoms with E-state index in [9.17, 15) is 0 Å². The van der Waals surface area contributed by atoms with Gasteiger partial charge < -0.3 is 15.2 Å². The van der Waals surface area contributed by atoms with Gasteiger partial charge in [0, 0.05) is 18.3 Å². The van der Waals surface area contributed by atoms with Crippen LogP contribution in [-0.4, -0.2) is 51.0 Å². The zero-order valence-corrected chi connectivity index (χ0v) is 17.2. The van der Waals surface area contributed by atoms with E-state index in [1.165, 1.54) is 25.9 Å². The van der Waals surface area contributed by atoms with Gasteiger partial charge in [-0.25, -0.2) is 9.97 Å². The SMILES string of the molecule is Cc1cc(NCCCN2CCCC2)nc(Nc2nc3cc(Cl)c(Cl)cc3[nH]2)n1. The van der Waals surface area contributed by atoms with E-state index in [-0.39, 0.29) is 0 Å². The zero-order chi connectivity index (χ0) is 19.5. The number of aromatic nitrogens is 4. The molecule has 0 amide bonds. The van der Waals surface area contributed by atoms with E-state index >= 15 is 0 Å². The molecule has 0 spiro atoms. The average molecular weight is 420 g/mol. The summed E-state index contributed by atoms with van der Waals surface area (Å²) in [6.45, 7) is 6.42. The van der Waals surface area contributed by atoms with Gasteiger partial charge in [0.2, 0.25) is 11.9 Å². The minimum absolute atomic E-state index is 0.472. The molecule has 0 saturated carbocycles. The summed E-state index contributed by atoms with van der Waals surface area (Å²) in [6.07, 6.45) is 3.75. The van der Waals surface area contributed by atoms with Crippen LogP contribution >= 0.6 is 23.2 Å². The molecule has 28 heavy (non-hydrogen) atoms. The molecule has 1 aliphatic heterocycles. The van der Waals surface area contributed by atoms with Crippen LogP contribution in [0.15, 0.2) is 18.2 Å². The van der Waals surface area contributed by atoms with Crippen LogP contribution in [0.1, 0.15) is 25.0 Å². The molecule has 1 fully saturated rings. The van der Waals surface area contributed by atoms with Gasteiger partial charge in [0.25, 0.3) is 0 Å². The van der Waals surface area contributed by atoms with Crippen molar-refractivity contribution in [3.05, 3.63) is 33.9 Å². The number of H-pyrrole nitrogens is 1. The lowest BCUT2D eigenvalue weighted by Gasteiger charge is -2.14. The van der Waals surface area contributed by atoms with Gasteiger partial charge in [-0.15, -0.1) is 0 Å². The maximum Gasteiger partial charge on any atom is 0.231 e. The Morgan fingerprint density at radius 2 is 1.86 bits per heavy atom. The number of anilines is 3. The Morgan fingerprint density at radius 1 is 1.07 bits per heavy atom. The number of likely N-dealkylation sites (tertiary alicyclic amines) is 1. The second-order valence-electron chi connectivity index (χ2n) is 7.04. The van der Waals surface area contributed by atoms with Crippen molar-refractivity contribution in [3.8, 4) is 0 Å². The number of nitrogens with zero attached hydrogens (tertiary/aromatic N) is 4. The molecule has 0 aliphatic carbocycles. The third kappa shape index (κ3) is 4.66. The number of hydrogen-bond acceptors (Lipinski definition) is 6. The molecule has 1 aromatic carbocycles. The molecule has 3 aromatic rings. The predicted octanol–water partition coefficient (Wildman–Crippen LogP) is 4.61. The number of hydrogen-bond donors (Lipinski definition) is 3. The maximum atomic E-state index is 6.06. The summed E-state index contributed by atoms with van der Waals surface area (Å²) >= 11 is 12.1. The number of benzene rings is 1. The maximum absolute atomic E-state index is 6.06. The van der Waals surface area contributed by atoms with E-state index in [2.05, 4.69) is 35.5 Å². The number of rotatable bonds is 7. The second kappa shape index (κ2) is 8.51. The van der Waals surface area contributed by atoms with Gasteiger partial charge >= 0.3 is 0 Å². The minimum Gasteiger partial charge on any atom is -0.370 e. The number of aromatic amines is 1. The first-order valence-electron chi connectivity index (χ1n) is 9.50. The molecule has 3 N–H and O–H groups in total. The Morgan fingerprint density at radius 3 is 2.68 bits per heavy atom. The normalized spacial score (nSPS) is 14.7. The number of halogens is 2. The van der Waals surface area contributed by atoms with E-state index in [1.807, 2.05) is 13.0 Å². The van der Waals surface area contributed by atoms with Crippen molar-refractivity contribution in [1.82, 2.24) is 24.8 Å². The first-order chi connectivity index (χ1) is 13.6. The summed E-state index contributed by atoms with van der Waals surface area (Å²) in [4.78, 5) is 19.1. The molecule has 1 aliphatic rings. The fraction of sp³-hybridized carbons (Fsp3) is 0.421. The molecule has 0 unspecified atom stereocenters. The van der Waals surface area contributed by atoms with Crippen molar-refractivity contribution < 1.29 is 0 Å². The fourth-order valence-electron chi connectivity index (χ4n) is 3.41. The van der Waals surface area contributed by atoms with Gasteiger partial charge in [0.05, 0.1) is 21.1 Å². The Labute approximate surface area is 173 Å². The van der Waals surface area contributed by atoms with Crippen molar-refractivity contribution in [1.29, 1.82) is 0 Å². The molecule has 0 atom stereocenters. The summed E-state index contributed by atoms with van der Waals surface area (Å²) in [6, 6.07) is 5.42. The number of fused-ring (bicyclic) bond motifs is 1. The van der Waals surface area contributed by atoms with Gasteiger partial charge in [-0.2, -0.15) is 4.98 Å². The van der Waals surface area contributed by atoms with E-state index in [0.717, 1.165) is 42.1 Å². The van der Waals surface area contributed by atoms with Crippen LogP contribution in [0.3, 0.4) is 0 Å². The predicted molar refractivity (Wildman–Crippen MR) is 115 cm³/mol. The lowest BCUT2D eigenvalue weighted by Crippen LogP contribution is -2.22. The van der Waals surface area contributed by atoms with E-state index in [4.69, 9.17) is 23.2 Å². The van der Waals surface area contributed by atoms with Crippen molar-refractivity contribution >= 4 is 51.9 Å². The van der Waals surface area contributed by atoms with Crippen molar-refractivity contribution in [3.63, 3.8) is 0 Å². The lowest BCUT2D eigenvalue weighted by atomic mass is 10.3. The highest BCUT2D eigenvalue weighted by atomic mass is 35.5. The summed E-state index contributed by atoms with van der Waals surface area (Å²) in [5.74, 6) is 1.83. The highest BCUT2D eigenvalue weighted by molar-refractivity contribution is 6.42. The van der Waals surface area contributed by atoms with Gasteiger partial charge in [-0.05, 0) is 58.0 Å². The standard InChI is InChI=1S/C19H23Cl2N7/c1-12-9-17(22-5-4-8-28-6-2-3-7-28)26-18(23-12)27-19-24-15-10-13(20)14(21)11-16(15)25-19/h9-11H,2-8H2,1H3,(H3,22,23,24,25,26,27). The third-order valence-corrected chi connectivity index (χ3v) is 5.49. The average Bonchev–Trinajstić information content (AvgIpc) is 3.28. The van der Waals surface area contributed by atoms with Gasteiger partial charge in [0.1, 0.15) is 5.82 Å². The molecule has 1 saturated heterocycles. The highest BCUT2D eigenvalue weighted by Gasteiger charge is 2.11. The number of nitrogens with one attached hydrogen (secondary N) is 3. The monoisotopic (exact) mass is 419 g/mol. The molecule has 4 rings (SSSR count). The van der Waals surface area contributed by atoms with Gasteiger partial charge in [-0.3, -0.25) is 5.32 Å². The zero-order valence-electron chi connectivity index (χ0n) is 15.7. The molecule has 0 bridgehead atoms. The quantitative estimate of drug-likeness (QED) is 0.485. The summed E-state index contributed by atoms with van der Waals surface area (Å²) < 4.78 is 0. The summed E-state index contributed by atoms with van der Waals surface area (Å²) in [5, 5.41) is 7.47. The molecule has 3 heterocycles. The van der Waals surface area contributed by atoms with E-state index in [0.29, 0.717) is 21.9 Å². The van der Waals surface area contributed by atoms with Crippen LogP contribution in [-0.2, 0) is 0 Å². The van der Waals surface area contributed by atoms with Crippen LogP contribution < -0.4 is 10.6 Å². The van der Waals surface area contributed by atoms with E-state index in [1.54, 1.807) is 12.1 Å². The molecule has 7 nitrogen and oxygen atoms in total. The van der Waals surface area contributed by atoms with Crippen molar-refractivity contribution in [2.24, 2.45) is 0 Å². The number of aryl methyl sites for hydroxylation is 1. The molecular weight excluding hydrogens is 397 g/mol. The summed E-state index contributed by atoms with van der Waals surface area (Å²) in [7, 11) is 0. The Kier molecular flexibility index (Phi) is 5.85. The van der Waals surface area contributed by atoms with Crippen LogP contribution in [0.5, 0.6) is 0 Å². The number of imidazole rings is 1. The first kappa shape index (κ1) is 19.2. The Bertz CT molecular complexity index is 927. The van der Waals surface area contributed by atoms with Crippen LogP contribution in [0.2, 0.25) is 10.0 Å². The molecule has 2 aromatic heterocycles. The summed E-state index contributed by atoms with van der Waals surface area (Å²) in [5.41, 5.74) is 2.40. The lowest BCUT2D eigenvalue weighted by molar-refractivity contribution is 0.337. The largest absolute Gasteiger partial charge is 0.370 e. The molecule has 148 valence electrons. The second-order valence-corrected chi connectivity index (χ2v) is 7.86. The van der Waals surface area contributed by atoms with Crippen molar-refractivity contribution in [2.75, 3.05) is 36.8 Å². The molecule has 0 radical (unpaired) electrons. The molecular formula is C19H23Cl2N7. The molecule has 9 heteroatoms. The third-order valence-electron chi connectivity index (χ3n) is 4.76. The topological polar surface area (TPSA) is 81.8 Å². The van der Waals surface area contributed by atoms with Crippen LogP contribution in [0.25, 0.3) is 11.0 Å². The first-order valence-corrected chi connectivity index (χ1v) is 10.3. The van der Waals surface area contributed by atoms with Gasteiger partial charge in [-0.1, -0.05) is 23.2 Å². The Hall–Kier alpha value is -2.09. The van der Waals surface area contributed by atoms with Crippen molar-refractivity contribution in [2.45, 2.75) is 26.2 Å². The van der Waals surface area contributed by atoms with Gasteiger partial charge in [0.15, 0.2) is 0 Å². The van der Waals surface area contributed by atoms with Crippen LogP contribution in [0.4, 0.5) is 17.7 Å². The minimum atomic E-state index is 0.472. The highest BCUT2D eigenvalue weighted by Crippen LogP contribution is 2.28.